The Morgan fingerprint density at radius 1 is 1.26 bits per heavy atom. The third-order valence-corrected chi connectivity index (χ3v) is 8.78. The van der Waals surface area contributed by atoms with Crippen LogP contribution in [-0.4, -0.2) is 45.9 Å². The molecule has 38 heavy (non-hydrogen) atoms. The summed E-state index contributed by atoms with van der Waals surface area (Å²) in [4.78, 5) is 27.7. The monoisotopic (exact) mass is 543 g/mol. The molecule has 11 heteroatoms. The summed E-state index contributed by atoms with van der Waals surface area (Å²) in [7, 11) is -3.19. The highest BCUT2D eigenvalue weighted by atomic mass is 32.3. The van der Waals surface area contributed by atoms with Gasteiger partial charge in [-0.2, -0.15) is 9.19 Å². The van der Waals surface area contributed by atoms with Crippen molar-refractivity contribution in [1.29, 1.82) is 0 Å². The molecule has 0 fully saturated rings. The Morgan fingerprint density at radius 2 is 2.05 bits per heavy atom. The molecule has 0 radical (unpaired) electrons. The molecule has 0 bridgehead atoms. The maximum Gasteiger partial charge on any atom is 0.348 e. The lowest BCUT2D eigenvalue weighted by molar-refractivity contribution is -0.287. The first-order valence-electron chi connectivity index (χ1n) is 12.8. The second kappa shape index (κ2) is 11.5. The van der Waals surface area contributed by atoms with Crippen molar-refractivity contribution >= 4 is 16.7 Å². The number of carbonyl (C=O) groups excluding carboxylic acids is 1. The van der Waals surface area contributed by atoms with Gasteiger partial charge in [0.15, 0.2) is 0 Å². The Kier molecular flexibility index (Phi) is 8.53. The zero-order valence-electron chi connectivity index (χ0n) is 22.6. The predicted octanol–water partition coefficient (Wildman–Crippen LogP) is 4.96. The van der Waals surface area contributed by atoms with Gasteiger partial charge in [-0.3, -0.25) is 23.7 Å². The minimum absolute atomic E-state index is 0.0236. The lowest BCUT2D eigenvalue weighted by atomic mass is 9.85. The standard InChI is InChI=1S/C27H37N5O5S/c1-6-31-17-24(29-30-31)18-36-37-26(33)27(4,5)13-21-8-7-20(3)23(12-21)16-32-15-19(2)11-22-9-10-28-14-25(22)38(32,34)35/h7-10,12,14,17,19,34-35H,6,11,13,15-16,18H2,1-5H3. The van der Waals surface area contributed by atoms with E-state index in [-0.39, 0.29) is 12.5 Å². The fraction of sp³-hybridized carbons (Fsp3) is 0.481. The fourth-order valence-electron chi connectivity index (χ4n) is 4.60. The number of hydrogen-bond acceptors (Lipinski definition) is 9. The van der Waals surface area contributed by atoms with Crippen LogP contribution in [0.3, 0.4) is 0 Å². The third kappa shape index (κ3) is 6.41. The van der Waals surface area contributed by atoms with E-state index in [0.29, 0.717) is 36.6 Å². The van der Waals surface area contributed by atoms with E-state index in [1.807, 2.05) is 52.0 Å². The minimum atomic E-state index is -3.19. The number of rotatable bonds is 9. The van der Waals surface area contributed by atoms with E-state index in [9.17, 15) is 13.9 Å². The normalized spacial score (nSPS) is 18.4. The van der Waals surface area contributed by atoms with Gasteiger partial charge in [0.2, 0.25) is 0 Å². The molecule has 206 valence electrons. The molecule has 1 aromatic carbocycles. The highest BCUT2D eigenvalue weighted by molar-refractivity contribution is 8.22. The Balaban J connectivity index is 1.44. The first-order valence-corrected chi connectivity index (χ1v) is 14.3. The summed E-state index contributed by atoms with van der Waals surface area (Å²) in [6.45, 7) is 11.3. The number of carbonyl (C=O) groups is 1. The molecule has 1 unspecified atom stereocenters. The van der Waals surface area contributed by atoms with Crippen LogP contribution < -0.4 is 0 Å². The number of benzene rings is 1. The van der Waals surface area contributed by atoms with E-state index in [2.05, 4.69) is 22.2 Å². The zero-order chi connectivity index (χ0) is 27.5. The first-order chi connectivity index (χ1) is 18.0. The Bertz CT molecular complexity index is 1280. The van der Waals surface area contributed by atoms with Gasteiger partial charge in [-0.25, -0.2) is 4.79 Å². The lowest BCUT2D eigenvalue weighted by Gasteiger charge is -2.42. The van der Waals surface area contributed by atoms with E-state index in [1.54, 1.807) is 27.6 Å². The van der Waals surface area contributed by atoms with Crippen molar-refractivity contribution in [1.82, 2.24) is 24.3 Å². The molecule has 0 saturated heterocycles. The SMILES string of the molecule is CCn1cc(COOC(=O)C(C)(C)Cc2ccc(C)c(CN3CC(C)Cc4ccncc4S3(O)O)c2)nn1. The van der Waals surface area contributed by atoms with Crippen LogP contribution in [0.15, 0.2) is 47.8 Å². The summed E-state index contributed by atoms with van der Waals surface area (Å²) in [5.41, 5.74) is 3.61. The van der Waals surface area contributed by atoms with Crippen molar-refractivity contribution < 1.29 is 23.7 Å². The number of hydrogen-bond donors (Lipinski definition) is 2. The summed E-state index contributed by atoms with van der Waals surface area (Å²) < 4.78 is 26.0. The molecule has 3 heterocycles. The summed E-state index contributed by atoms with van der Waals surface area (Å²) in [6, 6.07) is 7.89. The smallest absolute Gasteiger partial charge is 0.297 e. The van der Waals surface area contributed by atoms with Crippen molar-refractivity contribution in [3.05, 3.63) is 70.8 Å². The van der Waals surface area contributed by atoms with Gasteiger partial charge >= 0.3 is 5.97 Å². The molecule has 3 aromatic rings. The van der Waals surface area contributed by atoms with E-state index in [1.165, 1.54) is 0 Å². The Hall–Kier alpha value is -2.83. The molecule has 0 spiro atoms. The van der Waals surface area contributed by atoms with Gasteiger partial charge in [0.05, 0.1) is 22.7 Å². The van der Waals surface area contributed by atoms with Gasteiger partial charge in [0.25, 0.3) is 0 Å². The maximum atomic E-state index is 12.8. The zero-order valence-corrected chi connectivity index (χ0v) is 23.4. The molecule has 1 aliphatic heterocycles. The van der Waals surface area contributed by atoms with Gasteiger partial charge in [-0.15, -0.1) is 15.9 Å². The third-order valence-electron chi connectivity index (χ3n) is 6.82. The van der Waals surface area contributed by atoms with Crippen molar-refractivity contribution in [2.45, 2.75) is 72.1 Å². The number of pyridine rings is 1. The van der Waals surface area contributed by atoms with E-state index in [4.69, 9.17) is 9.78 Å². The van der Waals surface area contributed by atoms with Crippen LogP contribution in [0.2, 0.25) is 0 Å². The quantitative estimate of drug-likeness (QED) is 0.285. The largest absolute Gasteiger partial charge is 0.348 e. The van der Waals surface area contributed by atoms with Gasteiger partial charge in [-0.1, -0.05) is 30.3 Å². The average Bonchev–Trinajstić information content (AvgIpc) is 3.30. The topological polar surface area (TPSA) is 123 Å². The van der Waals surface area contributed by atoms with Crippen LogP contribution in [0.1, 0.15) is 55.6 Å². The Labute approximate surface area is 225 Å². The highest BCUT2D eigenvalue weighted by Crippen LogP contribution is 2.55. The first kappa shape index (κ1) is 28.2. The van der Waals surface area contributed by atoms with Crippen LogP contribution >= 0.6 is 10.8 Å². The van der Waals surface area contributed by atoms with Crippen LogP contribution in [0, 0.1) is 18.3 Å². The second-order valence-electron chi connectivity index (χ2n) is 10.7. The molecule has 1 atom stereocenters. The molecule has 0 amide bonds. The summed E-state index contributed by atoms with van der Waals surface area (Å²) in [5.74, 6) is -0.240. The van der Waals surface area contributed by atoms with Crippen molar-refractivity contribution in [2.75, 3.05) is 6.54 Å². The summed E-state index contributed by atoms with van der Waals surface area (Å²) in [6.07, 6.45) is 6.19. The van der Waals surface area contributed by atoms with Crippen molar-refractivity contribution in [2.24, 2.45) is 11.3 Å². The number of aryl methyl sites for hydroxylation is 2. The molecular formula is C27H37N5O5S. The van der Waals surface area contributed by atoms with Gasteiger partial charge in [0, 0.05) is 25.8 Å². The number of aromatic nitrogens is 4. The van der Waals surface area contributed by atoms with Gasteiger partial charge in [0.1, 0.15) is 12.3 Å². The van der Waals surface area contributed by atoms with Crippen molar-refractivity contribution in [3.63, 3.8) is 0 Å². The summed E-state index contributed by atoms with van der Waals surface area (Å²) in [5, 5.41) is 7.90. The Morgan fingerprint density at radius 3 is 2.79 bits per heavy atom. The minimum Gasteiger partial charge on any atom is -0.297 e. The average molecular weight is 544 g/mol. The molecule has 2 N–H and O–H groups in total. The van der Waals surface area contributed by atoms with Gasteiger partial charge in [-0.05, 0) is 74.8 Å². The highest BCUT2D eigenvalue weighted by Gasteiger charge is 2.34. The summed E-state index contributed by atoms with van der Waals surface area (Å²) >= 11 is 0. The van der Waals surface area contributed by atoms with Gasteiger partial charge < -0.3 is 0 Å². The van der Waals surface area contributed by atoms with E-state index in [0.717, 1.165) is 28.7 Å². The van der Waals surface area contributed by atoms with E-state index < -0.39 is 22.2 Å². The molecule has 4 rings (SSSR count). The molecule has 1 aliphatic rings. The molecule has 0 saturated carbocycles. The molecule has 10 nitrogen and oxygen atoms in total. The van der Waals surface area contributed by atoms with Crippen LogP contribution in [0.25, 0.3) is 0 Å². The predicted molar refractivity (Wildman–Crippen MR) is 144 cm³/mol. The molecule has 2 aromatic heterocycles. The van der Waals surface area contributed by atoms with Crippen LogP contribution in [-0.2, 0) is 47.1 Å². The number of fused-ring (bicyclic) bond motifs is 1. The maximum absolute atomic E-state index is 12.8. The molecule has 0 aliphatic carbocycles. The number of nitrogens with zero attached hydrogens (tertiary/aromatic N) is 5. The van der Waals surface area contributed by atoms with Crippen LogP contribution in [0.4, 0.5) is 0 Å². The van der Waals surface area contributed by atoms with Crippen LogP contribution in [0.5, 0.6) is 0 Å². The van der Waals surface area contributed by atoms with Crippen molar-refractivity contribution in [3.8, 4) is 0 Å². The second-order valence-corrected chi connectivity index (χ2v) is 12.6. The van der Waals surface area contributed by atoms with E-state index >= 15 is 0 Å². The fourth-order valence-corrected chi connectivity index (χ4v) is 6.37. The lowest BCUT2D eigenvalue weighted by Crippen LogP contribution is -2.31. The molecular weight excluding hydrogens is 506 g/mol.